The van der Waals surface area contributed by atoms with Crippen molar-refractivity contribution in [1.29, 1.82) is 0 Å². The van der Waals surface area contributed by atoms with Gasteiger partial charge in [0.05, 0.1) is 10.7 Å². The zero-order chi connectivity index (χ0) is 14.7. The highest BCUT2D eigenvalue weighted by atomic mass is 35.5. The fraction of sp³-hybridized carbons (Fsp3) is 0.357. The maximum absolute atomic E-state index is 10.1. The second kappa shape index (κ2) is 6.48. The van der Waals surface area contributed by atoms with Gasteiger partial charge < -0.3 is 10.4 Å². The molecule has 0 saturated heterocycles. The van der Waals surface area contributed by atoms with E-state index in [0.717, 1.165) is 17.7 Å². The standard InChI is InChI=1S/C14H17Cl2N3O/c1-3-12(17-8-9-6-7-18-19(9)2)10-4-5-11(15)13(16)14(10)20/h4-7,12,17,20H,3,8H2,1-2H3/t12-/m1/s1. The molecule has 2 aromatic rings. The smallest absolute Gasteiger partial charge is 0.140 e. The molecule has 1 aromatic heterocycles. The minimum absolute atomic E-state index is 0.000309. The molecule has 1 atom stereocenters. The van der Waals surface area contributed by atoms with Crippen LogP contribution in [0.5, 0.6) is 5.75 Å². The molecule has 0 fully saturated rings. The van der Waals surface area contributed by atoms with Crippen molar-refractivity contribution in [3.8, 4) is 5.75 Å². The molecule has 1 aromatic carbocycles. The molecule has 1 heterocycles. The van der Waals surface area contributed by atoms with Crippen LogP contribution in [-0.4, -0.2) is 14.9 Å². The summed E-state index contributed by atoms with van der Waals surface area (Å²) in [4.78, 5) is 0. The highest BCUT2D eigenvalue weighted by molar-refractivity contribution is 6.43. The summed E-state index contributed by atoms with van der Waals surface area (Å²) in [6.45, 7) is 2.71. The third-order valence-corrected chi connectivity index (χ3v) is 4.13. The van der Waals surface area contributed by atoms with Gasteiger partial charge in [-0.25, -0.2) is 0 Å². The van der Waals surface area contributed by atoms with Crippen LogP contribution in [0.15, 0.2) is 24.4 Å². The van der Waals surface area contributed by atoms with Gasteiger partial charge in [0.1, 0.15) is 10.8 Å². The predicted octanol–water partition coefficient (Wildman–Crippen LogP) is 3.67. The molecule has 0 saturated carbocycles. The second-order valence-corrected chi connectivity index (χ2v) is 5.37. The van der Waals surface area contributed by atoms with E-state index in [4.69, 9.17) is 23.2 Å². The number of hydrogen-bond acceptors (Lipinski definition) is 3. The molecule has 0 radical (unpaired) electrons. The van der Waals surface area contributed by atoms with Gasteiger partial charge in [0, 0.05) is 31.4 Å². The van der Waals surface area contributed by atoms with E-state index in [1.54, 1.807) is 18.3 Å². The molecule has 0 spiro atoms. The van der Waals surface area contributed by atoms with Gasteiger partial charge in [0.25, 0.3) is 0 Å². The number of aromatic hydroxyl groups is 1. The number of aryl methyl sites for hydroxylation is 1. The molecular formula is C14H17Cl2N3O. The van der Waals surface area contributed by atoms with Crippen molar-refractivity contribution >= 4 is 23.2 Å². The van der Waals surface area contributed by atoms with Crippen molar-refractivity contribution in [3.05, 3.63) is 45.7 Å². The van der Waals surface area contributed by atoms with Crippen LogP contribution in [0.3, 0.4) is 0 Å². The first kappa shape index (κ1) is 15.2. The number of halogens is 2. The molecule has 0 aliphatic rings. The number of nitrogens with zero attached hydrogens (tertiary/aromatic N) is 2. The summed E-state index contributed by atoms with van der Waals surface area (Å²) < 4.78 is 1.81. The Morgan fingerprint density at radius 3 is 2.70 bits per heavy atom. The van der Waals surface area contributed by atoms with Crippen molar-refractivity contribution in [1.82, 2.24) is 15.1 Å². The molecule has 0 aliphatic carbocycles. The van der Waals surface area contributed by atoms with Crippen molar-refractivity contribution < 1.29 is 5.11 Å². The highest BCUT2D eigenvalue weighted by Gasteiger charge is 2.17. The third-order valence-electron chi connectivity index (χ3n) is 3.34. The lowest BCUT2D eigenvalue weighted by Gasteiger charge is -2.19. The molecule has 0 aliphatic heterocycles. The Balaban J connectivity index is 2.16. The zero-order valence-corrected chi connectivity index (χ0v) is 12.9. The van der Waals surface area contributed by atoms with Crippen LogP contribution in [0.4, 0.5) is 0 Å². The first-order valence-electron chi connectivity index (χ1n) is 6.41. The number of rotatable bonds is 5. The van der Waals surface area contributed by atoms with Gasteiger partial charge in [-0.15, -0.1) is 0 Å². The van der Waals surface area contributed by atoms with Crippen molar-refractivity contribution in [2.45, 2.75) is 25.9 Å². The molecule has 4 nitrogen and oxygen atoms in total. The van der Waals surface area contributed by atoms with Crippen molar-refractivity contribution in [3.63, 3.8) is 0 Å². The Kier molecular flexibility index (Phi) is 4.91. The Morgan fingerprint density at radius 1 is 1.35 bits per heavy atom. The number of aromatic nitrogens is 2. The van der Waals surface area contributed by atoms with E-state index in [1.165, 1.54) is 0 Å². The van der Waals surface area contributed by atoms with E-state index in [1.807, 2.05) is 24.7 Å². The van der Waals surface area contributed by atoms with E-state index < -0.39 is 0 Å². The zero-order valence-electron chi connectivity index (χ0n) is 11.4. The van der Waals surface area contributed by atoms with E-state index in [0.29, 0.717) is 11.6 Å². The molecular weight excluding hydrogens is 297 g/mol. The number of nitrogens with one attached hydrogen (secondary N) is 1. The molecule has 0 bridgehead atoms. The predicted molar refractivity (Wildman–Crippen MR) is 81.2 cm³/mol. The average Bonchev–Trinajstić information content (AvgIpc) is 2.84. The SMILES string of the molecule is CC[C@@H](NCc1ccnn1C)c1ccc(Cl)c(Cl)c1O. The van der Waals surface area contributed by atoms with E-state index in [9.17, 15) is 5.11 Å². The van der Waals surface area contributed by atoms with Crippen LogP contribution in [0.25, 0.3) is 0 Å². The minimum Gasteiger partial charge on any atom is -0.506 e. The summed E-state index contributed by atoms with van der Waals surface area (Å²) in [5, 5.41) is 18.2. The van der Waals surface area contributed by atoms with Crippen LogP contribution >= 0.6 is 23.2 Å². The number of phenols is 1. The Labute approximate surface area is 128 Å². The summed E-state index contributed by atoms with van der Waals surface area (Å²) in [6, 6.07) is 5.45. The second-order valence-electron chi connectivity index (χ2n) is 4.59. The van der Waals surface area contributed by atoms with Crippen LogP contribution < -0.4 is 5.32 Å². The lowest BCUT2D eigenvalue weighted by atomic mass is 10.0. The lowest BCUT2D eigenvalue weighted by Crippen LogP contribution is -2.21. The monoisotopic (exact) mass is 313 g/mol. The molecule has 20 heavy (non-hydrogen) atoms. The summed E-state index contributed by atoms with van der Waals surface area (Å²) >= 11 is 11.9. The molecule has 6 heteroatoms. The summed E-state index contributed by atoms with van der Waals surface area (Å²) in [5.74, 6) is 0.0449. The topological polar surface area (TPSA) is 50.1 Å². The summed E-state index contributed by atoms with van der Waals surface area (Å²) in [5.41, 5.74) is 1.83. The van der Waals surface area contributed by atoms with Crippen LogP contribution in [0, 0.1) is 0 Å². The fourth-order valence-corrected chi connectivity index (χ4v) is 2.44. The van der Waals surface area contributed by atoms with E-state index in [2.05, 4.69) is 10.4 Å². The lowest BCUT2D eigenvalue weighted by molar-refractivity contribution is 0.438. The fourth-order valence-electron chi connectivity index (χ4n) is 2.11. The van der Waals surface area contributed by atoms with Gasteiger partial charge >= 0.3 is 0 Å². The largest absolute Gasteiger partial charge is 0.506 e. The maximum atomic E-state index is 10.1. The van der Waals surface area contributed by atoms with Crippen LogP contribution in [0.2, 0.25) is 10.0 Å². The average molecular weight is 314 g/mol. The van der Waals surface area contributed by atoms with Gasteiger partial charge in [-0.05, 0) is 18.6 Å². The first-order valence-corrected chi connectivity index (χ1v) is 7.17. The van der Waals surface area contributed by atoms with Crippen LogP contribution in [0.1, 0.15) is 30.6 Å². The van der Waals surface area contributed by atoms with Crippen molar-refractivity contribution in [2.24, 2.45) is 7.05 Å². The number of hydrogen-bond donors (Lipinski definition) is 2. The van der Waals surface area contributed by atoms with Gasteiger partial charge in [-0.3, -0.25) is 4.68 Å². The highest BCUT2D eigenvalue weighted by Crippen LogP contribution is 2.37. The minimum atomic E-state index is -0.000309. The van der Waals surface area contributed by atoms with Gasteiger partial charge in [-0.1, -0.05) is 36.2 Å². The quantitative estimate of drug-likeness (QED) is 0.885. The number of benzene rings is 1. The normalized spacial score (nSPS) is 12.6. The molecule has 0 amide bonds. The molecule has 0 unspecified atom stereocenters. The third kappa shape index (κ3) is 3.08. The maximum Gasteiger partial charge on any atom is 0.140 e. The van der Waals surface area contributed by atoms with E-state index in [-0.39, 0.29) is 16.8 Å². The van der Waals surface area contributed by atoms with Gasteiger partial charge in [-0.2, -0.15) is 5.10 Å². The van der Waals surface area contributed by atoms with Crippen LogP contribution in [-0.2, 0) is 13.6 Å². The van der Waals surface area contributed by atoms with Crippen molar-refractivity contribution in [2.75, 3.05) is 0 Å². The molecule has 2 rings (SSSR count). The van der Waals surface area contributed by atoms with E-state index >= 15 is 0 Å². The Hall–Kier alpha value is -1.23. The van der Waals surface area contributed by atoms with Gasteiger partial charge in [0.2, 0.25) is 0 Å². The summed E-state index contributed by atoms with van der Waals surface area (Å²) in [6.07, 6.45) is 2.58. The Bertz CT molecular complexity index is 598. The van der Waals surface area contributed by atoms with Gasteiger partial charge in [0.15, 0.2) is 0 Å². The first-order chi connectivity index (χ1) is 9.54. The Morgan fingerprint density at radius 2 is 2.10 bits per heavy atom. The molecule has 2 N–H and O–H groups in total. The summed E-state index contributed by atoms with van der Waals surface area (Å²) in [7, 11) is 1.90. The number of phenolic OH excluding ortho intramolecular Hbond substituents is 1. The molecule has 108 valence electrons.